The third kappa shape index (κ3) is 1.67. The SMILES string of the molecule is CC1=CC(C(=O)O)C(C)C=N1. The molecule has 3 nitrogen and oxygen atoms in total. The lowest BCUT2D eigenvalue weighted by atomic mass is 9.92. The Morgan fingerprint density at radius 1 is 1.73 bits per heavy atom. The van der Waals surface area contributed by atoms with E-state index in [0.717, 1.165) is 5.70 Å². The number of allylic oxidation sites excluding steroid dienone is 1. The van der Waals surface area contributed by atoms with Gasteiger partial charge in [0.15, 0.2) is 0 Å². The molecule has 3 heteroatoms. The topological polar surface area (TPSA) is 49.7 Å². The summed E-state index contributed by atoms with van der Waals surface area (Å²) in [5.74, 6) is -1.16. The molecule has 0 aliphatic carbocycles. The first-order valence-corrected chi connectivity index (χ1v) is 3.56. The fraction of sp³-hybridized carbons (Fsp3) is 0.500. The van der Waals surface area contributed by atoms with Crippen LogP contribution < -0.4 is 0 Å². The van der Waals surface area contributed by atoms with Crippen LogP contribution in [0.4, 0.5) is 0 Å². The van der Waals surface area contributed by atoms with Gasteiger partial charge in [-0.25, -0.2) is 0 Å². The van der Waals surface area contributed by atoms with Crippen LogP contribution in [0.1, 0.15) is 13.8 Å². The summed E-state index contributed by atoms with van der Waals surface area (Å²) in [6.45, 7) is 3.66. The van der Waals surface area contributed by atoms with E-state index in [1.165, 1.54) is 0 Å². The molecular weight excluding hydrogens is 142 g/mol. The summed E-state index contributed by atoms with van der Waals surface area (Å²) in [6, 6.07) is 0. The second-order valence-electron chi connectivity index (χ2n) is 2.81. The molecule has 0 saturated carbocycles. The van der Waals surface area contributed by atoms with E-state index in [0.29, 0.717) is 0 Å². The fourth-order valence-corrected chi connectivity index (χ4v) is 1.08. The Hall–Kier alpha value is -1.12. The molecule has 0 aromatic carbocycles. The summed E-state index contributed by atoms with van der Waals surface area (Å²) >= 11 is 0. The maximum atomic E-state index is 10.6. The zero-order valence-corrected chi connectivity index (χ0v) is 6.61. The van der Waals surface area contributed by atoms with Crippen molar-refractivity contribution in [1.82, 2.24) is 0 Å². The molecule has 1 heterocycles. The Morgan fingerprint density at radius 2 is 2.36 bits per heavy atom. The number of aliphatic imine (C=N–C) groups is 1. The van der Waals surface area contributed by atoms with Crippen LogP contribution in [0.25, 0.3) is 0 Å². The number of hydrogen-bond donors (Lipinski definition) is 1. The van der Waals surface area contributed by atoms with E-state index in [-0.39, 0.29) is 5.92 Å². The van der Waals surface area contributed by atoms with E-state index in [4.69, 9.17) is 5.11 Å². The number of hydrogen-bond acceptors (Lipinski definition) is 2. The zero-order valence-electron chi connectivity index (χ0n) is 6.61. The first kappa shape index (κ1) is 7.98. The van der Waals surface area contributed by atoms with E-state index in [2.05, 4.69) is 4.99 Å². The Bertz CT molecular complexity index is 230. The van der Waals surface area contributed by atoms with Crippen molar-refractivity contribution in [2.45, 2.75) is 13.8 Å². The minimum atomic E-state index is -0.775. The van der Waals surface area contributed by atoms with Crippen LogP contribution in [0, 0.1) is 11.8 Å². The molecule has 1 aliphatic heterocycles. The minimum absolute atomic E-state index is 0.0104. The standard InChI is InChI=1S/C8H11NO2/c1-5-4-9-6(2)3-7(5)8(10)11/h3-5,7H,1-2H3,(H,10,11). The maximum Gasteiger partial charge on any atom is 0.311 e. The summed E-state index contributed by atoms with van der Waals surface area (Å²) in [6.07, 6.45) is 3.38. The normalized spacial score (nSPS) is 29.8. The molecule has 60 valence electrons. The number of carboxylic acid groups (broad SMARTS) is 1. The molecular formula is C8H11NO2. The first-order valence-electron chi connectivity index (χ1n) is 3.56. The van der Waals surface area contributed by atoms with Crippen LogP contribution in [-0.4, -0.2) is 17.3 Å². The van der Waals surface area contributed by atoms with Crippen LogP contribution in [0.2, 0.25) is 0 Å². The van der Waals surface area contributed by atoms with Crippen molar-refractivity contribution in [3.63, 3.8) is 0 Å². The molecule has 0 radical (unpaired) electrons. The number of carboxylic acids is 1. The highest BCUT2D eigenvalue weighted by Crippen LogP contribution is 2.18. The minimum Gasteiger partial charge on any atom is -0.481 e. The maximum absolute atomic E-state index is 10.6. The van der Waals surface area contributed by atoms with Gasteiger partial charge in [0, 0.05) is 17.8 Å². The smallest absolute Gasteiger partial charge is 0.311 e. The molecule has 2 unspecified atom stereocenters. The van der Waals surface area contributed by atoms with E-state index >= 15 is 0 Å². The van der Waals surface area contributed by atoms with Gasteiger partial charge in [-0.1, -0.05) is 6.92 Å². The van der Waals surface area contributed by atoms with E-state index < -0.39 is 11.9 Å². The third-order valence-electron chi connectivity index (χ3n) is 1.79. The van der Waals surface area contributed by atoms with Crippen molar-refractivity contribution in [3.8, 4) is 0 Å². The Balaban J connectivity index is 2.81. The van der Waals surface area contributed by atoms with Gasteiger partial charge in [-0.05, 0) is 13.0 Å². The molecule has 0 saturated heterocycles. The molecule has 1 N–H and O–H groups in total. The van der Waals surface area contributed by atoms with Gasteiger partial charge in [0.05, 0.1) is 5.92 Å². The number of carbonyl (C=O) groups is 1. The molecule has 0 spiro atoms. The van der Waals surface area contributed by atoms with Crippen LogP contribution >= 0.6 is 0 Å². The number of nitrogens with zero attached hydrogens (tertiary/aromatic N) is 1. The molecule has 0 fully saturated rings. The quantitative estimate of drug-likeness (QED) is 0.617. The lowest BCUT2D eigenvalue weighted by molar-refractivity contribution is -0.140. The van der Waals surface area contributed by atoms with E-state index in [1.807, 2.05) is 6.92 Å². The molecule has 0 aromatic rings. The summed E-state index contributed by atoms with van der Waals surface area (Å²) in [5, 5.41) is 8.72. The monoisotopic (exact) mass is 153 g/mol. The van der Waals surface area contributed by atoms with Gasteiger partial charge in [0.2, 0.25) is 0 Å². The highest BCUT2D eigenvalue weighted by molar-refractivity contribution is 5.79. The molecule has 0 bridgehead atoms. The Kier molecular flexibility index (Phi) is 2.08. The van der Waals surface area contributed by atoms with Crippen molar-refractivity contribution in [3.05, 3.63) is 11.8 Å². The first-order chi connectivity index (χ1) is 5.11. The van der Waals surface area contributed by atoms with Gasteiger partial charge >= 0.3 is 5.97 Å². The third-order valence-corrected chi connectivity index (χ3v) is 1.79. The van der Waals surface area contributed by atoms with Gasteiger partial charge in [0.1, 0.15) is 0 Å². The largest absolute Gasteiger partial charge is 0.481 e. The van der Waals surface area contributed by atoms with Crippen molar-refractivity contribution in [2.75, 3.05) is 0 Å². The molecule has 1 rings (SSSR count). The molecule has 1 aliphatic rings. The van der Waals surface area contributed by atoms with Gasteiger partial charge in [-0.15, -0.1) is 0 Å². The van der Waals surface area contributed by atoms with E-state index in [9.17, 15) is 4.79 Å². The zero-order chi connectivity index (χ0) is 8.43. The summed E-state index contributed by atoms with van der Waals surface area (Å²) in [7, 11) is 0. The van der Waals surface area contributed by atoms with Crippen LogP contribution in [0.15, 0.2) is 16.8 Å². The van der Waals surface area contributed by atoms with Crippen molar-refractivity contribution < 1.29 is 9.90 Å². The van der Waals surface area contributed by atoms with E-state index in [1.54, 1.807) is 19.2 Å². The van der Waals surface area contributed by atoms with Crippen LogP contribution in [0.5, 0.6) is 0 Å². The Labute approximate surface area is 65.4 Å². The predicted octanol–water partition coefficient (Wildman–Crippen LogP) is 1.31. The molecule has 0 aromatic heterocycles. The fourth-order valence-electron chi connectivity index (χ4n) is 1.08. The lowest BCUT2D eigenvalue weighted by Gasteiger charge is -2.16. The summed E-state index contributed by atoms with van der Waals surface area (Å²) < 4.78 is 0. The average Bonchev–Trinajstić information content (AvgIpc) is 1.94. The number of rotatable bonds is 1. The summed E-state index contributed by atoms with van der Waals surface area (Å²) in [4.78, 5) is 14.6. The van der Waals surface area contributed by atoms with Crippen molar-refractivity contribution in [2.24, 2.45) is 16.8 Å². The van der Waals surface area contributed by atoms with Gasteiger partial charge in [0.25, 0.3) is 0 Å². The highest BCUT2D eigenvalue weighted by Gasteiger charge is 2.23. The Morgan fingerprint density at radius 3 is 2.82 bits per heavy atom. The van der Waals surface area contributed by atoms with Gasteiger partial charge in [-0.2, -0.15) is 0 Å². The van der Waals surface area contributed by atoms with Crippen molar-refractivity contribution in [1.29, 1.82) is 0 Å². The summed E-state index contributed by atoms with van der Waals surface area (Å²) in [5.41, 5.74) is 0.788. The lowest BCUT2D eigenvalue weighted by Crippen LogP contribution is -2.22. The van der Waals surface area contributed by atoms with Crippen LogP contribution in [0.3, 0.4) is 0 Å². The van der Waals surface area contributed by atoms with Gasteiger partial charge in [-0.3, -0.25) is 9.79 Å². The number of aliphatic carboxylic acids is 1. The predicted molar refractivity (Wildman–Crippen MR) is 42.5 cm³/mol. The highest BCUT2D eigenvalue weighted by atomic mass is 16.4. The van der Waals surface area contributed by atoms with Gasteiger partial charge < -0.3 is 5.11 Å². The second-order valence-corrected chi connectivity index (χ2v) is 2.81. The van der Waals surface area contributed by atoms with Crippen LogP contribution in [-0.2, 0) is 4.79 Å². The molecule has 11 heavy (non-hydrogen) atoms. The van der Waals surface area contributed by atoms with Crippen molar-refractivity contribution >= 4 is 12.2 Å². The molecule has 2 atom stereocenters. The average molecular weight is 153 g/mol. The molecule has 0 amide bonds. The second kappa shape index (κ2) is 2.86.